The van der Waals surface area contributed by atoms with Crippen molar-refractivity contribution in [2.45, 2.75) is 72.6 Å². The molecule has 36 heavy (non-hydrogen) atoms. The van der Waals surface area contributed by atoms with Gasteiger partial charge >= 0.3 is 12.1 Å². The van der Waals surface area contributed by atoms with Crippen molar-refractivity contribution in [1.29, 1.82) is 0 Å². The van der Waals surface area contributed by atoms with Crippen molar-refractivity contribution in [2.24, 2.45) is 11.8 Å². The number of nitrogens with one attached hydrogen (secondary N) is 5. The van der Waals surface area contributed by atoms with Crippen LogP contribution in [0.25, 0.3) is 0 Å². The number of amides is 5. The largest absolute Gasteiger partial charge is 0.467 e. The molecule has 0 unspecified atom stereocenters. The summed E-state index contributed by atoms with van der Waals surface area (Å²) in [5.41, 5.74) is -0.723. The summed E-state index contributed by atoms with van der Waals surface area (Å²) in [6.45, 7) is 11.0. The van der Waals surface area contributed by atoms with Crippen LogP contribution in [-0.2, 0) is 33.4 Å². The Morgan fingerprint density at radius 1 is 0.750 bits per heavy atom. The highest BCUT2D eigenvalue weighted by Crippen LogP contribution is 2.07. The molecule has 5 N–H and O–H groups in total. The Labute approximate surface area is 212 Å². The Kier molecular flexibility index (Phi) is 14.1. The third-order valence-electron chi connectivity index (χ3n) is 4.46. The number of hydrogen-bond acceptors (Lipinski definition) is 8. The van der Waals surface area contributed by atoms with Crippen LogP contribution in [0.4, 0.5) is 4.79 Å². The highest BCUT2D eigenvalue weighted by atomic mass is 16.6. The molecular formula is C23H41N5O8. The highest BCUT2D eigenvalue weighted by molar-refractivity contribution is 5.93. The minimum absolute atomic E-state index is 0.127. The fraction of sp³-hybridized carbons (Fsp3) is 0.739. The molecule has 13 heteroatoms. The fourth-order valence-electron chi connectivity index (χ4n) is 2.82. The Bertz CT molecular complexity index is 792. The molecule has 0 aliphatic heterocycles. The molecule has 5 amide bonds. The third-order valence-corrected chi connectivity index (χ3v) is 4.46. The van der Waals surface area contributed by atoms with Crippen molar-refractivity contribution in [3.8, 4) is 0 Å². The molecule has 0 saturated carbocycles. The second-order valence-electron chi connectivity index (χ2n) is 9.91. The van der Waals surface area contributed by atoms with Gasteiger partial charge in [0.15, 0.2) is 0 Å². The maximum atomic E-state index is 12.5. The van der Waals surface area contributed by atoms with Crippen molar-refractivity contribution < 1.29 is 38.2 Å². The number of esters is 1. The molecule has 0 aromatic rings. The minimum atomic E-state index is -0.967. The second-order valence-corrected chi connectivity index (χ2v) is 9.91. The smallest absolute Gasteiger partial charge is 0.408 e. The van der Waals surface area contributed by atoms with E-state index in [9.17, 15) is 28.8 Å². The predicted octanol–water partition coefficient (Wildman–Crippen LogP) is -0.412. The first kappa shape index (κ1) is 32.6. The topological polar surface area (TPSA) is 181 Å². The average Bonchev–Trinajstić information content (AvgIpc) is 2.75. The first-order valence-corrected chi connectivity index (χ1v) is 11.7. The van der Waals surface area contributed by atoms with Crippen LogP contribution in [0.15, 0.2) is 0 Å². The molecular weight excluding hydrogens is 474 g/mol. The number of alkyl carbamates (subject to hydrolysis) is 1. The monoisotopic (exact) mass is 515 g/mol. The molecule has 0 bridgehead atoms. The van der Waals surface area contributed by atoms with E-state index in [0.29, 0.717) is 6.42 Å². The minimum Gasteiger partial charge on any atom is -0.467 e. The quantitative estimate of drug-likeness (QED) is 0.205. The van der Waals surface area contributed by atoms with Gasteiger partial charge in [0.2, 0.25) is 23.6 Å². The molecule has 2 atom stereocenters. The van der Waals surface area contributed by atoms with Gasteiger partial charge in [-0.05, 0) is 39.0 Å². The van der Waals surface area contributed by atoms with Crippen LogP contribution in [0.3, 0.4) is 0 Å². The van der Waals surface area contributed by atoms with E-state index >= 15 is 0 Å². The number of rotatable bonds is 13. The Morgan fingerprint density at radius 3 is 1.78 bits per heavy atom. The van der Waals surface area contributed by atoms with E-state index in [-0.39, 0.29) is 11.8 Å². The van der Waals surface area contributed by atoms with Gasteiger partial charge in [0, 0.05) is 0 Å². The number of carbonyl (C=O) groups is 6. The van der Waals surface area contributed by atoms with Gasteiger partial charge < -0.3 is 36.1 Å². The molecule has 0 rings (SSSR count). The SMILES string of the molecule is COC(=O)[C@H](CC(C)C)NC(=O)CNC(=O)CNC(=O)[C@@H](NC(=O)CNC(=O)OC(C)(C)C)C(C)C. The van der Waals surface area contributed by atoms with Crippen molar-refractivity contribution in [1.82, 2.24) is 26.6 Å². The van der Waals surface area contributed by atoms with Gasteiger partial charge in [-0.3, -0.25) is 19.2 Å². The first-order valence-electron chi connectivity index (χ1n) is 11.7. The van der Waals surface area contributed by atoms with Gasteiger partial charge in [-0.2, -0.15) is 0 Å². The summed E-state index contributed by atoms with van der Waals surface area (Å²) in [7, 11) is 1.22. The first-order chi connectivity index (χ1) is 16.5. The Balaban J connectivity index is 4.61. The zero-order valence-electron chi connectivity index (χ0n) is 22.4. The summed E-state index contributed by atoms with van der Waals surface area (Å²) < 4.78 is 9.72. The second kappa shape index (κ2) is 15.6. The lowest BCUT2D eigenvalue weighted by Crippen LogP contribution is -2.53. The van der Waals surface area contributed by atoms with Crippen LogP contribution >= 0.6 is 0 Å². The van der Waals surface area contributed by atoms with E-state index in [4.69, 9.17) is 4.74 Å². The number of methoxy groups -OCH3 is 1. The van der Waals surface area contributed by atoms with Gasteiger partial charge in [-0.15, -0.1) is 0 Å². The van der Waals surface area contributed by atoms with Gasteiger partial charge in [-0.1, -0.05) is 27.7 Å². The summed E-state index contributed by atoms with van der Waals surface area (Å²) in [5, 5.41) is 12.0. The van der Waals surface area contributed by atoms with Gasteiger partial charge in [0.25, 0.3) is 0 Å². The van der Waals surface area contributed by atoms with E-state index in [2.05, 4.69) is 31.3 Å². The van der Waals surface area contributed by atoms with E-state index in [0.717, 1.165) is 0 Å². The molecule has 0 radical (unpaired) electrons. The molecule has 0 saturated heterocycles. The van der Waals surface area contributed by atoms with E-state index in [1.165, 1.54) is 7.11 Å². The Morgan fingerprint density at radius 2 is 1.28 bits per heavy atom. The van der Waals surface area contributed by atoms with Crippen LogP contribution < -0.4 is 26.6 Å². The van der Waals surface area contributed by atoms with Crippen molar-refractivity contribution in [3.05, 3.63) is 0 Å². The third kappa shape index (κ3) is 14.8. The lowest BCUT2D eigenvalue weighted by molar-refractivity contribution is -0.145. The summed E-state index contributed by atoms with van der Waals surface area (Å²) in [6.07, 6.45) is -0.399. The molecule has 0 aliphatic rings. The van der Waals surface area contributed by atoms with Crippen molar-refractivity contribution in [3.63, 3.8) is 0 Å². The van der Waals surface area contributed by atoms with Gasteiger partial charge in [0.05, 0.1) is 20.2 Å². The number of ether oxygens (including phenoxy) is 2. The van der Waals surface area contributed by atoms with Crippen LogP contribution in [0.1, 0.15) is 54.9 Å². The van der Waals surface area contributed by atoms with E-state index < -0.39 is 73.0 Å². The summed E-state index contributed by atoms with van der Waals surface area (Å²) in [6, 6.07) is -1.80. The fourth-order valence-corrected chi connectivity index (χ4v) is 2.82. The summed E-state index contributed by atoms with van der Waals surface area (Å²) >= 11 is 0. The summed E-state index contributed by atoms with van der Waals surface area (Å²) in [5.74, 6) is -3.23. The predicted molar refractivity (Wildman–Crippen MR) is 130 cm³/mol. The van der Waals surface area contributed by atoms with Crippen LogP contribution in [0.2, 0.25) is 0 Å². The molecule has 0 aromatic heterocycles. The van der Waals surface area contributed by atoms with Gasteiger partial charge in [-0.25, -0.2) is 9.59 Å². The molecule has 0 aliphatic carbocycles. The molecule has 0 fully saturated rings. The van der Waals surface area contributed by atoms with Crippen LogP contribution in [0, 0.1) is 11.8 Å². The normalized spacial score (nSPS) is 12.7. The number of hydrogen-bond donors (Lipinski definition) is 5. The standard InChI is InChI=1S/C23H41N5O8/c1-13(2)9-15(21(33)35-8)27-17(30)11-24-16(29)10-25-20(32)19(14(3)4)28-18(31)12-26-22(34)36-23(5,6)7/h13-15,19H,9-12H2,1-8H3,(H,24,29)(H,25,32)(H,26,34)(H,27,30)(H,28,31)/t15-,19-/m0/s1. The van der Waals surface area contributed by atoms with E-state index in [1.54, 1.807) is 34.6 Å². The van der Waals surface area contributed by atoms with Crippen molar-refractivity contribution in [2.75, 3.05) is 26.7 Å². The summed E-state index contributed by atoms with van der Waals surface area (Å²) in [4.78, 5) is 72.3. The van der Waals surface area contributed by atoms with Crippen LogP contribution in [0.5, 0.6) is 0 Å². The highest BCUT2D eigenvalue weighted by Gasteiger charge is 2.26. The molecule has 0 aromatic carbocycles. The molecule has 13 nitrogen and oxygen atoms in total. The lowest BCUT2D eigenvalue weighted by atomic mass is 10.0. The maximum absolute atomic E-state index is 12.5. The zero-order chi connectivity index (χ0) is 28.1. The van der Waals surface area contributed by atoms with Gasteiger partial charge in [0.1, 0.15) is 24.2 Å². The Hall–Kier alpha value is -3.38. The molecule has 206 valence electrons. The van der Waals surface area contributed by atoms with Crippen molar-refractivity contribution >= 4 is 35.7 Å². The molecule has 0 spiro atoms. The zero-order valence-corrected chi connectivity index (χ0v) is 22.4. The lowest BCUT2D eigenvalue weighted by Gasteiger charge is -2.22. The van der Waals surface area contributed by atoms with Crippen LogP contribution in [-0.4, -0.2) is 80.1 Å². The maximum Gasteiger partial charge on any atom is 0.408 e. The molecule has 0 heterocycles. The average molecular weight is 516 g/mol. The number of carbonyl (C=O) groups excluding carboxylic acids is 6. The van der Waals surface area contributed by atoms with E-state index in [1.807, 2.05) is 13.8 Å².